The van der Waals surface area contributed by atoms with Crippen molar-refractivity contribution in [1.29, 1.82) is 0 Å². The lowest BCUT2D eigenvalue weighted by molar-refractivity contribution is -0.385. The van der Waals surface area contributed by atoms with Crippen LogP contribution >= 0.6 is 0 Å². The van der Waals surface area contributed by atoms with Crippen molar-refractivity contribution in [2.75, 3.05) is 38.7 Å². The zero-order valence-corrected chi connectivity index (χ0v) is 12.2. The molecule has 1 aromatic rings. The summed E-state index contributed by atoms with van der Waals surface area (Å²) in [5, 5.41) is 31.3. The Bertz CT molecular complexity index is 598. The van der Waals surface area contributed by atoms with Crippen molar-refractivity contribution in [3.05, 3.63) is 28.3 Å². The predicted octanol–water partition coefficient (Wildman–Crippen LogP) is -0.388. The van der Waals surface area contributed by atoms with Gasteiger partial charge in [-0.3, -0.25) is 10.1 Å². The van der Waals surface area contributed by atoms with Crippen LogP contribution in [0.2, 0.25) is 0 Å². The van der Waals surface area contributed by atoms with Crippen LogP contribution in [-0.2, 0) is 10.0 Å². The Morgan fingerprint density at radius 3 is 2.29 bits per heavy atom. The Hall–Kier alpha value is -1.75. The zero-order chi connectivity index (χ0) is 16.0. The predicted molar refractivity (Wildman–Crippen MR) is 75.6 cm³/mol. The van der Waals surface area contributed by atoms with Crippen LogP contribution in [0.3, 0.4) is 0 Å². The largest absolute Gasteiger partial charge is 0.395 e. The summed E-state index contributed by atoms with van der Waals surface area (Å²) in [7, 11) is -2.59. The molecule has 21 heavy (non-hydrogen) atoms. The van der Waals surface area contributed by atoms with Gasteiger partial charge in [-0.25, -0.2) is 8.42 Å². The van der Waals surface area contributed by atoms with Gasteiger partial charge in [-0.2, -0.15) is 4.31 Å². The molecule has 0 spiro atoms. The monoisotopic (exact) mass is 319 g/mol. The molecule has 1 rings (SSSR count). The molecule has 0 aliphatic heterocycles. The number of nitro benzene ring substituents is 1. The maximum Gasteiger partial charge on any atom is 0.270 e. The Balaban J connectivity index is 3.39. The molecule has 9 nitrogen and oxygen atoms in total. The molecule has 0 bridgehead atoms. The molecule has 0 aliphatic carbocycles. The van der Waals surface area contributed by atoms with E-state index in [4.69, 9.17) is 10.2 Å². The molecule has 0 unspecified atom stereocenters. The standard InChI is InChI=1S/C11H17N3O6S/c1-12-10-3-2-9(14(17)18)8-11(10)21(19,20)13(4-6-15)5-7-16/h2-3,8,12,15-16H,4-7H2,1H3. The van der Waals surface area contributed by atoms with Gasteiger partial charge in [0, 0.05) is 32.3 Å². The fourth-order valence-corrected chi connectivity index (χ4v) is 3.40. The number of rotatable bonds is 8. The molecule has 0 saturated heterocycles. The summed E-state index contributed by atoms with van der Waals surface area (Å²) in [5.41, 5.74) is -0.165. The lowest BCUT2D eigenvalue weighted by atomic mass is 10.3. The van der Waals surface area contributed by atoms with Crippen molar-refractivity contribution in [3.63, 3.8) is 0 Å². The number of sulfonamides is 1. The third-order valence-corrected chi connectivity index (χ3v) is 4.70. The number of hydrogen-bond acceptors (Lipinski definition) is 7. The fourth-order valence-electron chi connectivity index (χ4n) is 1.76. The van der Waals surface area contributed by atoms with E-state index >= 15 is 0 Å². The fraction of sp³-hybridized carbons (Fsp3) is 0.455. The van der Waals surface area contributed by atoms with E-state index in [0.29, 0.717) is 0 Å². The van der Waals surface area contributed by atoms with Crippen molar-refractivity contribution in [3.8, 4) is 0 Å². The van der Waals surface area contributed by atoms with E-state index in [9.17, 15) is 18.5 Å². The smallest absolute Gasteiger partial charge is 0.270 e. The number of nitrogens with zero attached hydrogens (tertiary/aromatic N) is 2. The van der Waals surface area contributed by atoms with Crippen LogP contribution in [0.5, 0.6) is 0 Å². The summed E-state index contributed by atoms with van der Waals surface area (Å²) in [6.07, 6.45) is 0. The molecule has 0 aliphatic rings. The van der Waals surface area contributed by atoms with Crippen LogP contribution in [0, 0.1) is 10.1 Å². The topological polar surface area (TPSA) is 133 Å². The van der Waals surface area contributed by atoms with E-state index < -0.39 is 28.2 Å². The first-order chi connectivity index (χ1) is 9.88. The average Bonchev–Trinajstić information content (AvgIpc) is 2.46. The number of aliphatic hydroxyl groups is 2. The highest BCUT2D eigenvalue weighted by Crippen LogP contribution is 2.28. The van der Waals surface area contributed by atoms with Crippen molar-refractivity contribution in [2.24, 2.45) is 0 Å². The summed E-state index contributed by atoms with van der Waals surface area (Å²) >= 11 is 0. The lowest BCUT2D eigenvalue weighted by Crippen LogP contribution is -2.36. The van der Waals surface area contributed by atoms with Crippen molar-refractivity contribution < 1.29 is 23.6 Å². The molecule has 0 fully saturated rings. The number of non-ortho nitro benzene ring substituents is 1. The Morgan fingerprint density at radius 2 is 1.86 bits per heavy atom. The van der Waals surface area contributed by atoms with Gasteiger partial charge in [0.25, 0.3) is 5.69 Å². The molecule has 1 aromatic carbocycles. The maximum atomic E-state index is 12.5. The zero-order valence-electron chi connectivity index (χ0n) is 11.4. The van der Waals surface area contributed by atoms with E-state index in [2.05, 4.69) is 5.32 Å². The first-order valence-corrected chi connectivity index (χ1v) is 7.50. The van der Waals surface area contributed by atoms with E-state index in [-0.39, 0.29) is 29.4 Å². The third-order valence-electron chi connectivity index (χ3n) is 2.76. The molecule has 0 saturated carbocycles. The Kier molecular flexibility index (Phi) is 6.03. The van der Waals surface area contributed by atoms with Crippen molar-refractivity contribution >= 4 is 21.4 Å². The van der Waals surface area contributed by atoms with Gasteiger partial charge in [0.15, 0.2) is 0 Å². The first-order valence-electron chi connectivity index (χ1n) is 6.06. The second kappa shape index (κ2) is 7.31. The summed E-state index contributed by atoms with van der Waals surface area (Å²) in [4.78, 5) is 9.83. The molecule has 0 heterocycles. The SMILES string of the molecule is CNc1ccc([N+](=O)[O-])cc1S(=O)(=O)N(CCO)CCO. The van der Waals surface area contributed by atoms with E-state index in [0.717, 1.165) is 10.4 Å². The van der Waals surface area contributed by atoms with Gasteiger partial charge >= 0.3 is 0 Å². The summed E-state index contributed by atoms with van der Waals surface area (Å²) in [6, 6.07) is 3.43. The molecular weight excluding hydrogens is 302 g/mol. The van der Waals surface area contributed by atoms with Gasteiger partial charge in [0.1, 0.15) is 4.90 Å². The van der Waals surface area contributed by atoms with Crippen molar-refractivity contribution in [2.45, 2.75) is 4.90 Å². The van der Waals surface area contributed by atoms with Crippen LogP contribution in [0.4, 0.5) is 11.4 Å². The highest BCUT2D eigenvalue weighted by atomic mass is 32.2. The third kappa shape index (κ3) is 3.88. The van der Waals surface area contributed by atoms with Gasteiger partial charge < -0.3 is 15.5 Å². The van der Waals surface area contributed by atoms with Gasteiger partial charge in [0.2, 0.25) is 10.0 Å². The molecular formula is C11H17N3O6S. The Morgan fingerprint density at radius 1 is 1.29 bits per heavy atom. The average molecular weight is 319 g/mol. The summed E-state index contributed by atoms with van der Waals surface area (Å²) < 4.78 is 25.9. The molecule has 0 radical (unpaired) electrons. The van der Waals surface area contributed by atoms with E-state index in [1.165, 1.54) is 19.2 Å². The number of benzene rings is 1. The highest BCUT2D eigenvalue weighted by Gasteiger charge is 2.28. The minimum absolute atomic E-state index is 0.196. The van der Waals surface area contributed by atoms with Gasteiger partial charge in [-0.05, 0) is 6.07 Å². The molecule has 118 valence electrons. The van der Waals surface area contributed by atoms with Gasteiger partial charge in [-0.15, -0.1) is 0 Å². The van der Waals surface area contributed by atoms with Crippen LogP contribution in [0.1, 0.15) is 0 Å². The number of anilines is 1. The number of hydrogen-bond donors (Lipinski definition) is 3. The number of nitrogens with one attached hydrogen (secondary N) is 1. The molecule has 3 N–H and O–H groups in total. The van der Waals surface area contributed by atoms with Crippen LogP contribution in [0.15, 0.2) is 23.1 Å². The normalized spacial score (nSPS) is 11.6. The maximum absolute atomic E-state index is 12.5. The van der Waals surface area contributed by atoms with Gasteiger partial charge in [-0.1, -0.05) is 0 Å². The molecule has 10 heteroatoms. The number of aliphatic hydroxyl groups excluding tert-OH is 2. The second-order valence-electron chi connectivity index (χ2n) is 4.04. The molecule has 0 amide bonds. The Labute approximate surface area is 122 Å². The van der Waals surface area contributed by atoms with Crippen LogP contribution in [-0.4, -0.2) is 61.2 Å². The van der Waals surface area contributed by atoms with E-state index in [1.54, 1.807) is 0 Å². The van der Waals surface area contributed by atoms with E-state index in [1.807, 2.05) is 0 Å². The first kappa shape index (κ1) is 17.3. The minimum Gasteiger partial charge on any atom is -0.395 e. The second-order valence-corrected chi connectivity index (χ2v) is 5.95. The van der Waals surface area contributed by atoms with Crippen LogP contribution < -0.4 is 5.32 Å². The number of nitro groups is 1. The lowest BCUT2D eigenvalue weighted by Gasteiger charge is -2.21. The van der Waals surface area contributed by atoms with Crippen molar-refractivity contribution in [1.82, 2.24) is 4.31 Å². The molecule has 0 atom stereocenters. The molecule has 0 aromatic heterocycles. The van der Waals surface area contributed by atoms with Gasteiger partial charge in [0.05, 0.1) is 23.8 Å². The minimum atomic E-state index is -4.08. The summed E-state index contributed by atoms with van der Waals surface area (Å²) in [5.74, 6) is 0. The highest BCUT2D eigenvalue weighted by molar-refractivity contribution is 7.89. The van der Waals surface area contributed by atoms with Crippen LogP contribution in [0.25, 0.3) is 0 Å². The summed E-state index contributed by atoms with van der Waals surface area (Å²) in [6.45, 7) is -1.28. The quantitative estimate of drug-likeness (QED) is 0.439.